The van der Waals surface area contributed by atoms with Crippen molar-refractivity contribution < 1.29 is 22.7 Å². The van der Waals surface area contributed by atoms with Gasteiger partial charge in [-0.2, -0.15) is 4.31 Å². The lowest BCUT2D eigenvalue weighted by atomic mass is 10.1. The number of hydrogen-bond acceptors (Lipinski definition) is 5. The second-order valence-electron chi connectivity index (χ2n) is 5.90. The van der Waals surface area contributed by atoms with Gasteiger partial charge in [-0.05, 0) is 58.7 Å². The Bertz CT molecular complexity index is 974. The summed E-state index contributed by atoms with van der Waals surface area (Å²) in [6, 6.07) is 10.9. The first kappa shape index (κ1) is 22.1. The zero-order valence-corrected chi connectivity index (χ0v) is 18.1. The molecule has 150 valence electrons. The fraction of sp³-hybridized carbons (Fsp3) is 0.263. The molecule has 0 aliphatic carbocycles. The van der Waals surface area contributed by atoms with E-state index in [-0.39, 0.29) is 34.0 Å². The zero-order chi connectivity index (χ0) is 20.9. The number of sulfonamides is 1. The molecule has 0 saturated heterocycles. The van der Waals surface area contributed by atoms with Gasteiger partial charge >= 0.3 is 5.97 Å². The number of nitrogens with one attached hydrogen (secondary N) is 1. The molecule has 0 unspecified atom stereocenters. The van der Waals surface area contributed by atoms with Crippen LogP contribution in [-0.4, -0.2) is 45.3 Å². The molecule has 0 aliphatic rings. The van der Waals surface area contributed by atoms with Gasteiger partial charge in [0.05, 0.1) is 17.1 Å². The van der Waals surface area contributed by atoms with Crippen LogP contribution in [0.5, 0.6) is 0 Å². The van der Waals surface area contributed by atoms with Crippen molar-refractivity contribution in [1.29, 1.82) is 0 Å². The van der Waals surface area contributed by atoms with Gasteiger partial charge in [0, 0.05) is 30.7 Å². The van der Waals surface area contributed by atoms with Crippen LogP contribution in [0.15, 0.2) is 51.8 Å². The Morgan fingerprint density at radius 2 is 1.71 bits per heavy atom. The number of rotatable bonds is 7. The number of benzene rings is 2. The molecule has 0 radical (unpaired) electrons. The number of halogens is 1. The van der Waals surface area contributed by atoms with Gasteiger partial charge in [-0.15, -0.1) is 0 Å². The quantitative estimate of drug-likeness (QED) is 0.630. The minimum absolute atomic E-state index is 0.0463. The van der Waals surface area contributed by atoms with Crippen LogP contribution in [-0.2, 0) is 21.3 Å². The monoisotopic (exact) mass is 468 g/mol. The van der Waals surface area contributed by atoms with Gasteiger partial charge in [-0.3, -0.25) is 4.79 Å². The predicted octanol–water partition coefficient (Wildman–Crippen LogP) is 2.81. The van der Waals surface area contributed by atoms with E-state index in [2.05, 4.69) is 21.2 Å². The lowest BCUT2D eigenvalue weighted by Crippen LogP contribution is -2.27. The Kier molecular flexibility index (Phi) is 7.34. The van der Waals surface area contributed by atoms with Crippen molar-refractivity contribution in [2.75, 3.05) is 20.7 Å². The fourth-order valence-electron chi connectivity index (χ4n) is 2.47. The van der Waals surface area contributed by atoms with E-state index in [0.29, 0.717) is 5.56 Å². The van der Waals surface area contributed by atoms with Gasteiger partial charge in [0.25, 0.3) is 5.91 Å². The molecular formula is C19H21BrN2O5S. The molecule has 0 heterocycles. The molecule has 0 spiro atoms. The van der Waals surface area contributed by atoms with Crippen LogP contribution in [0, 0.1) is 0 Å². The highest BCUT2D eigenvalue weighted by Gasteiger charge is 2.24. The molecule has 0 aliphatic heterocycles. The van der Waals surface area contributed by atoms with Crippen molar-refractivity contribution in [2.45, 2.75) is 18.4 Å². The molecule has 9 heteroatoms. The highest BCUT2D eigenvalue weighted by Crippen LogP contribution is 2.27. The highest BCUT2D eigenvalue weighted by molar-refractivity contribution is 9.10. The number of carbonyl (C=O) groups excluding carboxylic acids is 2. The van der Waals surface area contributed by atoms with Gasteiger partial charge < -0.3 is 10.1 Å². The summed E-state index contributed by atoms with van der Waals surface area (Å²) in [4.78, 5) is 23.4. The first-order chi connectivity index (χ1) is 13.2. The van der Waals surface area contributed by atoms with E-state index in [1.54, 1.807) is 38.2 Å². The number of amides is 1. The molecule has 0 bridgehead atoms. The molecule has 1 N–H and O–H groups in total. The molecule has 7 nitrogen and oxygen atoms in total. The maximum Gasteiger partial charge on any atom is 0.338 e. The van der Waals surface area contributed by atoms with Crippen LogP contribution in [0.3, 0.4) is 0 Å². The molecular weight excluding hydrogens is 448 g/mol. The second-order valence-corrected chi connectivity index (χ2v) is 8.77. The van der Waals surface area contributed by atoms with Crippen LogP contribution >= 0.6 is 15.9 Å². The van der Waals surface area contributed by atoms with Crippen LogP contribution < -0.4 is 5.32 Å². The average Bonchev–Trinajstić information content (AvgIpc) is 2.67. The highest BCUT2D eigenvalue weighted by atomic mass is 79.9. The third kappa shape index (κ3) is 4.98. The van der Waals surface area contributed by atoms with E-state index >= 15 is 0 Å². The van der Waals surface area contributed by atoms with E-state index in [9.17, 15) is 18.0 Å². The normalized spacial score (nSPS) is 11.3. The lowest BCUT2D eigenvalue weighted by Gasteiger charge is -2.18. The van der Waals surface area contributed by atoms with Gasteiger partial charge in [-0.1, -0.05) is 12.1 Å². The summed E-state index contributed by atoms with van der Waals surface area (Å²) >= 11 is 3.23. The third-order valence-corrected chi connectivity index (χ3v) is 6.76. The maximum absolute atomic E-state index is 12.9. The Labute approximate surface area is 172 Å². The molecule has 2 aromatic rings. The van der Waals surface area contributed by atoms with E-state index in [1.807, 2.05) is 0 Å². The SMILES string of the molecule is CCOC(=O)c1ccc(S(=O)(=O)N(C)Cc2ccc(C(=O)NC)cc2)c(Br)c1. The predicted molar refractivity (Wildman–Crippen MR) is 109 cm³/mol. The van der Waals surface area contributed by atoms with E-state index < -0.39 is 16.0 Å². The summed E-state index contributed by atoms with van der Waals surface area (Å²) in [5.41, 5.74) is 1.49. The number of nitrogens with zero attached hydrogens (tertiary/aromatic N) is 1. The molecule has 0 saturated carbocycles. The molecule has 1 amide bonds. The van der Waals surface area contributed by atoms with Gasteiger partial charge in [-0.25, -0.2) is 13.2 Å². The second kappa shape index (κ2) is 9.31. The third-order valence-electron chi connectivity index (χ3n) is 3.98. The number of hydrogen-bond donors (Lipinski definition) is 1. The van der Waals surface area contributed by atoms with Crippen LogP contribution in [0.2, 0.25) is 0 Å². The smallest absolute Gasteiger partial charge is 0.338 e. The zero-order valence-electron chi connectivity index (χ0n) is 15.7. The molecule has 2 aromatic carbocycles. The van der Waals surface area contributed by atoms with Crippen molar-refractivity contribution >= 4 is 37.8 Å². The van der Waals surface area contributed by atoms with Crippen molar-refractivity contribution in [3.8, 4) is 0 Å². The summed E-state index contributed by atoms with van der Waals surface area (Å²) in [7, 11) is -0.789. The first-order valence-electron chi connectivity index (χ1n) is 8.44. The summed E-state index contributed by atoms with van der Waals surface area (Å²) in [5, 5.41) is 2.53. The minimum Gasteiger partial charge on any atom is -0.462 e. The number of ether oxygens (including phenoxy) is 1. The largest absolute Gasteiger partial charge is 0.462 e. The van der Waals surface area contributed by atoms with E-state index in [4.69, 9.17) is 4.74 Å². The Morgan fingerprint density at radius 1 is 1.11 bits per heavy atom. The summed E-state index contributed by atoms with van der Waals surface area (Å²) in [5.74, 6) is -0.727. The summed E-state index contributed by atoms with van der Waals surface area (Å²) in [6.45, 7) is 2.06. The molecule has 0 atom stereocenters. The Morgan fingerprint density at radius 3 is 2.25 bits per heavy atom. The van der Waals surface area contributed by atoms with Crippen molar-refractivity contribution in [1.82, 2.24) is 9.62 Å². The van der Waals surface area contributed by atoms with Crippen molar-refractivity contribution in [3.63, 3.8) is 0 Å². The molecule has 0 fully saturated rings. The van der Waals surface area contributed by atoms with Crippen molar-refractivity contribution in [2.24, 2.45) is 0 Å². The van der Waals surface area contributed by atoms with Crippen LogP contribution in [0.1, 0.15) is 33.2 Å². The first-order valence-corrected chi connectivity index (χ1v) is 10.7. The van der Waals surface area contributed by atoms with E-state index in [1.165, 1.54) is 29.6 Å². The summed E-state index contributed by atoms with van der Waals surface area (Å²) < 4.78 is 32.2. The van der Waals surface area contributed by atoms with Crippen LogP contribution in [0.4, 0.5) is 0 Å². The molecule has 28 heavy (non-hydrogen) atoms. The maximum atomic E-state index is 12.9. The lowest BCUT2D eigenvalue weighted by molar-refractivity contribution is 0.0526. The van der Waals surface area contributed by atoms with Gasteiger partial charge in [0.1, 0.15) is 0 Å². The Hall–Kier alpha value is -2.23. The summed E-state index contributed by atoms with van der Waals surface area (Å²) in [6.07, 6.45) is 0. The van der Waals surface area contributed by atoms with Gasteiger partial charge in [0.2, 0.25) is 10.0 Å². The molecule has 0 aromatic heterocycles. The topological polar surface area (TPSA) is 92.8 Å². The Balaban J connectivity index is 2.21. The van der Waals surface area contributed by atoms with Crippen molar-refractivity contribution in [3.05, 3.63) is 63.6 Å². The number of carbonyl (C=O) groups is 2. The van der Waals surface area contributed by atoms with Crippen LogP contribution in [0.25, 0.3) is 0 Å². The molecule has 2 rings (SSSR count). The standard InChI is InChI=1S/C19H21BrN2O5S/c1-4-27-19(24)15-9-10-17(16(20)11-15)28(25,26)22(3)12-13-5-7-14(8-6-13)18(23)21-2/h5-11H,4,12H2,1-3H3,(H,21,23). The average molecular weight is 469 g/mol. The van der Waals surface area contributed by atoms with E-state index in [0.717, 1.165) is 5.56 Å². The minimum atomic E-state index is -3.80. The fourth-order valence-corrected chi connectivity index (χ4v) is 4.66. The number of esters is 1. The van der Waals surface area contributed by atoms with Gasteiger partial charge in [0.15, 0.2) is 0 Å².